The molecule has 0 saturated heterocycles. The summed E-state index contributed by atoms with van der Waals surface area (Å²) in [6.45, 7) is 4.22. The third kappa shape index (κ3) is 2.71. The Morgan fingerprint density at radius 1 is 1.64 bits per heavy atom. The lowest BCUT2D eigenvalue weighted by atomic mass is 10.4. The van der Waals surface area contributed by atoms with Crippen LogP contribution in [0.15, 0.2) is 10.4 Å². The van der Waals surface area contributed by atoms with Crippen molar-refractivity contribution < 1.29 is 0 Å². The molecule has 62 valence electrons. The van der Waals surface area contributed by atoms with Crippen LogP contribution >= 0.6 is 23.1 Å². The van der Waals surface area contributed by atoms with Gasteiger partial charge in [0.1, 0.15) is 5.03 Å². The van der Waals surface area contributed by atoms with E-state index in [0.717, 1.165) is 10.2 Å². The molecule has 0 radical (unpaired) electrons. The summed E-state index contributed by atoms with van der Waals surface area (Å²) in [7, 11) is 0. The Balaban J connectivity index is 2.58. The fourth-order valence-corrected chi connectivity index (χ4v) is 2.16. The van der Waals surface area contributed by atoms with Crippen molar-refractivity contribution in [2.24, 2.45) is 0 Å². The van der Waals surface area contributed by atoms with Crippen molar-refractivity contribution >= 4 is 28.2 Å². The molecule has 1 heterocycles. The maximum atomic E-state index is 4.34. The Bertz CT molecular complexity index is 220. The molecule has 0 aliphatic carbocycles. The molecule has 0 aliphatic rings. The van der Waals surface area contributed by atoms with Gasteiger partial charge in [0.2, 0.25) is 0 Å². The smallest absolute Gasteiger partial charge is 0.183 e. The molecule has 1 aromatic rings. The summed E-state index contributed by atoms with van der Waals surface area (Å²) in [5, 5.41) is 7.43. The number of thioether (sulfide) groups is 1. The SMILES string of the molecule is CSc1csc(NC(C)C)n1. The van der Waals surface area contributed by atoms with Gasteiger partial charge in [0.15, 0.2) is 5.13 Å². The first-order valence-electron chi connectivity index (χ1n) is 3.48. The largest absolute Gasteiger partial charge is 0.359 e. The standard InChI is InChI=1S/C7H12N2S2/c1-5(2)8-7-9-6(10-3)4-11-7/h4-5H,1-3H3,(H,8,9). The fraction of sp³-hybridized carbons (Fsp3) is 0.571. The van der Waals surface area contributed by atoms with Crippen LogP contribution in [0.5, 0.6) is 0 Å². The van der Waals surface area contributed by atoms with Crippen LogP contribution in [-0.4, -0.2) is 17.3 Å². The van der Waals surface area contributed by atoms with E-state index < -0.39 is 0 Å². The number of nitrogens with one attached hydrogen (secondary N) is 1. The van der Waals surface area contributed by atoms with Crippen molar-refractivity contribution in [3.05, 3.63) is 5.38 Å². The van der Waals surface area contributed by atoms with E-state index in [0.29, 0.717) is 6.04 Å². The summed E-state index contributed by atoms with van der Waals surface area (Å²) in [4.78, 5) is 4.34. The molecule has 0 unspecified atom stereocenters. The van der Waals surface area contributed by atoms with Crippen LogP contribution in [0.3, 0.4) is 0 Å². The molecule has 4 heteroatoms. The third-order valence-electron chi connectivity index (χ3n) is 1.10. The zero-order valence-electron chi connectivity index (χ0n) is 6.92. The number of nitrogens with zero attached hydrogens (tertiary/aromatic N) is 1. The molecule has 0 atom stereocenters. The number of hydrogen-bond acceptors (Lipinski definition) is 4. The summed E-state index contributed by atoms with van der Waals surface area (Å²) in [5.74, 6) is 0. The Morgan fingerprint density at radius 2 is 2.36 bits per heavy atom. The molecule has 0 bridgehead atoms. The van der Waals surface area contributed by atoms with Crippen LogP contribution in [0.1, 0.15) is 13.8 Å². The zero-order chi connectivity index (χ0) is 8.27. The first-order valence-corrected chi connectivity index (χ1v) is 5.59. The Labute approximate surface area is 75.4 Å². The van der Waals surface area contributed by atoms with Gasteiger partial charge in [-0.3, -0.25) is 0 Å². The van der Waals surface area contributed by atoms with Crippen LogP contribution in [0.25, 0.3) is 0 Å². The molecule has 11 heavy (non-hydrogen) atoms. The fourth-order valence-electron chi connectivity index (χ4n) is 0.666. The molecule has 1 aromatic heterocycles. The summed E-state index contributed by atoms with van der Waals surface area (Å²) in [6.07, 6.45) is 2.04. The monoisotopic (exact) mass is 188 g/mol. The van der Waals surface area contributed by atoms with Crippen molar-refractivity contribution in [3.8, 4) is 0 Å². The number of aromatic nitrogens is 1. The Kier molecular flexibility index (Phi) is 3.20. The summed E-state index contributed by atoms with van der Waals surface area (Å²) >= 11 is 3.34. The van der Waals surface area contributed by atoms with Gasteiger partial charge in [0.25, 0.3) is 0 Å². The predicted molar refractivity (Wildman–Crippen MR) is 52.7 cm³/mol. The predicted octanol–water partition coefficient (Wildman–Crippen LogP) is 2.69. The lowest BCUT2D eigenvalue weighted by Crippen LogP contribution is -2.08. The zero-order valence-corrected chi connectivity index (χ0v) is 8.55. The van der Waals surface area contributed by atoms with Crippen molar-refractivity contribution in [2.75, 3.05) is 11.6 Å². The molecular formula is C7H12N2S2. The van der Waals surface area contributed by atoms with Crippen molar-refractivity contribution in [1.29, 1.82) is 0 Å². The van der Waals surface area contributed by atoms with Gasteiger partial charge in [0, 0.05) is 11.4 Å². The third-order valence-corrected chi connectivity index (χ3v) is 2.65. The van der Waals surface area contributed by atoms with Gasteiger partial charge < -0.3 is 5.32 Å². The highest BCUT2D eigenvalue weighted by atomic mass is 32.2. The highest BCUT2D eigenvalue weighted by Gasteiger charge is 2.00. The van der Waals surface area contributed by atoms with E-state index in [1.165, 1.54) is 0 Å². The minimum atomic E-state index is 0.468. The van der Waals surface area contributed by atoms with E-state index in [9.17, 15) is 0 Å². The second-order valence-corrected chi connectivity index (χ2v) is 4.18. The number of anilines is 1. The maximum absolute atomic E-state index is 4.34. The molecule has 0 saturated carbocycles. The van der Waals surface area contributed by atoms with Crippen LogP contribution in [0.2, 0.25) is 0 Å². The molecule has 1 N–H and O–H groups in total. The second kappa shape index (κ2) is 3.97. The summed E-state index contributed by atoms with van der Waals surface area (Å²) < 4.78 is 0. The maximum Gasteiger partial charge on any atom is 0.183 e. The van der Waals surface area contributed by atoms with Crippen LogP contribution < -0.4 is 5.32 Å². The normalized spacial score (nSPS) is 10.5. The summed E-state index contributed by atoms with van der Waals surface area (Å²) in [5.41, 5.74) is 0. The molecule has 1 rings (SSSR count). The van der Waals surface area contributed by atoms with Crippen molar-refractivity contribution in [2.45, 2.75) is 24.9 Å². The van der Waals surface area contributed by atoms with Crippen LogP contribution in [0, 0.1) is 0 Å². The topological polar surface area (TPSA) is 24.9 Å². The van der Waals surface area contributed by atoms with Gasteiger partial charge in [-0.25, -0.2) is 4.98 Å². The van der Waals surface area contributed by atoms with E-state index in [1.807, 2.05) is 6.26 Å². The van der Waals surface area contributed by atoms with Gasteiger partial charge in [-0.15, -0.1) is 23.1 Å². The highest BCUT2D eigenvalue weighted by Crippen LogP contribution is 2.22. The molecule has 0 aromatic carbocycles. The van der Waals surface area contributed by atoms with E-state index in [2.05, 4.69) is 29.5 Å². The van der Waals surface area contributed by atoms with E-state index in [4.69, 9.17) is 0 Å². The minimum absolute atomic E-state index is 0.468. The van der Waals surface area contributed by atoms with E-state index in [1.54, 1.807) is 23.1 Å². The van der Waals surface area contributed by atoms with Gasteiger partial charge in [-0.2, -0.15) is 0 Å². The quantitative estimate of drug-likeness (QED) is 0.738. The minimum Gasteiger partial charge on any atom is -0.359 e. The molecule has 0 spiro atoms. The first kappa shape index (κ1) is 8.87. The molecule has 0 fully saturated rings. The highest BCUT2D eigenvalue weighted by molar-refractivity contribution is 7.98. The lowest BCUT2D eigenvalue weighted by Gasteiger charge is -2.03. The summed E-state index contributed by atoms with van der Waals surface area (Å²) in [6, 6.07) is 0.468. The Hall–Kier alpha value is -0.220. The molecule has 0 aliphatic heterocycles. The van der Waals surface area contributed by atoms with Gasteiger partial charge in [-0.05, 0) is 20.1 Å². The molecule has 2 nitrogen and oxygen atoms in total. The van der Waals surface area contributed by atoms with Crippen LogP contribution in [0.4, 0.5) is 5.13 Å². The van der Waals surface area contributed by atoms with Crippen LogP contribution in [-0.2, 0) is 0 Å². The number of rotatable bonds is 3. The van der Waals surface area contributed by atoms with E-state index >= 15 is 0 Å². The second-order valence-electron chi connectivity index (χ2n) is 2.49. The molecule has 0 amide bonds. The van der Waals surface area contributed by atoms with Gasteiger partial charge in [0.05, 0.1) is 0 Å². The Morgan fingerprint density at radius 3 is 2.82 bits per heavy atom. The number of hydrogen-bond donors (Lipinski definition) is 1. The lowest BCUT2D eigenvalue weighted by molar-refractivity contribution is 0.892. The van der Waals surface area contributed by atoms with Crippen molar-refractivity contribution in [1.82, 2.24) is 4.98 Å². The average molecular weight is 188 g/mol. The molecular weight excluding hydrogens is 176 g/mol. The number of thiazole rings is 1. The van der Waals surface area contributed by atoms with E-state index in [-0.39, 0.29) is 0 Å². The van der Waals surface area contributed by atoms with Gasteiger partial charge >= 0.3 is 0 Å². The average Bonchev–Trinajstić information content (AvgIpc) is 2.34. The van der Waals surface area contributed by atoms with Crippen molar-refractivity contribution in [3.63, 3.8) is 0 Å². The first-order chi connectivity index (χ1) is 5.22. The van der Waals surface area contributed by atoms with Gasteiger partial charge in [-0.1, -0.05) is 0 Å².